The van der Waals surface area contributed by atoms with Gasteiger partial charge in [-0.3, -0.25) is 38.8 Å². The molecule has 0 bridgehead atoms. The first-order valence-corrected chi connectivity index (χ1v) is 29.5. The lowest BCUT2D eigenvalue weighted by molar-refractivity contribution is -0.130. The van der Waals surface area contributed by atoms with Crippen LogP contribution in [0, 0.1) is 47.2 Å². The summed E-state index contributed by atoms with van der Waals surface area (Å²) in [7, 11) is -20.3. The van der Waals surface area contributed by atoms with Crippen molar-refractivity contribution in [3.05, 3.63) is 93.0 Å². The summed E-state index contributed by atoms with van der Waals surface area (Å²) >= 11 is 0. The Labute approximate surface area is 657 Å². The fraction of sp³-hybridized carbons (Fsp3) is 0.646. The highest BCUT2D eigenvalue weighted by Gasteiger charge is 2.43. The molecule has 0 amide bonds. The van der Waals surface area contributed by atoms with E-state index in [1.807, 2.05) is 13.8 Å². The molecule has 8 aliphatic heterocycles. The number of benzene rings is 4. The highest BCUT2D eigenvalue weighted by molar-refractivity contribution is 5.85. The van der Waals surface area contributed by atoms with Crippen LogP contribution in [0.3, 0.4) is 0 Å². The maximum Gasteiger partial charge on any atom is 0.161 e. The van der Waals surface area contributed by atoms with Crippen LogP contribution < -0.4 is 37.9 Å². The van der Waals surface area contributed by atoms with E-state index in [1.54, 1.807) is 9.80 Å². The van der Waals surface area contributed by atoms with Crippen LogP contribution in [0.4, 0.5) is 0 Å². The number of hydrogen-bond acceptors (Lipinski definition) is 16. The summed E-state index contributed by atoms with van der Waals surface area (Å²) in [5.74, 6) is -33.0. The molecule has 4 saturated heterocycles. The summed E-state index contributed by atoms with van der Waals surface area (Å²) in [6, 6.07) is -2.88. The van der Waals surface area contributed by atoms with Gasteiger partial charge >= 0.3 is 0 Å². The molecule has 11 atom stereocenters. The van der Waals surface area contributed by atoms with E-state index in [2.05, 4.69) is 0 Å². The molecule has 4 aromatic rings. The van der Waals surface area contributed by atoms with E-state index in [-0.39, 0.29) is 91.9 Å². The molecule has 0 saturated carbocycles. The standard InChI is InChI=1S/3C20H29NO3.C19H27NO3/c3*1-5-13(2)8-15-12-21-7-6-14-9-19(23-3)20(24-4)10-16(14)17(21)11-18(15)22;1-12(2)7-14-11-20-6-5-13-8-18(22-3)19(23-4)9-15(13)16(20)10-17(14)21/h3*9-10,13,15,17H,5-8,11-12H2,1-4H3;8-9,12,14,16H,5-7,10-11H2,1-4H3/i2D3,3D3,5D2,6D2,7D2,8D2,9D,10D,11D2,12D2,13D,15D,17D;2D3,3D3,4D3,5D2,8D2,11D2,13D,15D;2D3,3D3,4D3,5D2,8D2,13D;3D3,4D3,10D2,14D. The topological polar surface area (TPSA) is 155 Å². The number of carbonyl (C=O) groups excluding carboxylic acids is 4. The van der Waals surface area contributed by atoms with Gasteiger partial charge in [0.15, 0.2) is 46.0 Å². The summed E-state index contributed by atoms with van der Waals surface area (Å²) in [4.78, 5) is 58.1. The minimum atomic E-state index is -4.69. The van der Waals surface area contributed by atoms with Crippen molar-refractivity contribution >= 4 is 23.1 Å². The molecule has 4 aromatic carbocycles. The van der Waals surface area contributed by atoms with Gasteiger partial charge < -0.3 is 37.9 Å². The van der Waals surface area contributed by atoms with Gasteiger partial charge in [-0.05, 0) is 168 Å². The average Bonchev–Trinajstić information content (AvgIpc) is 0.633. The highest BCUT2D eigenvalue weighted by atomic mass is 16.5. The third kappa shape index (κ3) is 16.9. The highest BCUT2D eigenvalue weighted by Crippen LogP contribution is 2.48. The molecule has 16 heteroatoms. The Balaban J connectivity index is 0.000000234. The minimum Gasteiger partial charge on any atom is -0.493 e. The second-order valence-electron chi connectivity index (χ2n) is 22.6. The lowest BCUT2D eigenvalue weighted by atomic mass is 9.79. The summed E-state index contributed by atoms with van der Waals surface area (Å²) < 4.78 is 547. The van der Waals surface area contributed by atoms with Crippen LogP contribution in [0.25, 0.3) is 0 Å². The summed E-state index contributed by atoms with van der Waals surface area (Å²) in [6.07, 6.45) is -34.3. The van der Waals surface area contributed by atoms with Gasteiger partial charge in [0.25, 0.3) is 0 Å². The molecule has 0 aliphatic carbocycles. The maximum absolute atomic E-state index is 14.1. The summed E-state index contributed by atoms with van der Waals surface area (Å²) in [6.45, 7) is -15.2. The third-order valence-electron chi connectivity index (χ3n) is 16.4. The summed E-state index contributed by atoms with van der Waals surface area (Å²) in [5.41, 5.74) is -0.843. The Morgan fingerprint density at radius 1 is 0.505 bits per heavy atom. The number of hydrogen-bond donors (Lipinski definition) is 0. The number of nitrogens with zero attached hydrogens (tertiary/aromatic N) is 4. The van der Waals surface area contributed by atoms with Crippen LogP contribution in [0.15, 0.2) is 48.5 Å². The number of methoxy groups -OCH3 is 8. The van der Waals surface area contributed by atoms with Crippen molar-refractivity contribution in [1.29, 1.82) is 0 Å². The molecular formula is C79H114N4O12. The first-order valence-electron chi connectivity index (χ1n) is 61.0. The number of carbonyl (C=O) groups is 4. The van der Waals surface area contributed by atoms with E-state index in [1.165, 1.54) is 29.2 Å². The number of ether oxygens (including phenoxy) is 8. The predicted octanol–water partition coefficient (Wildman–Crippen LogP) is 14.1. The average molecular weight is 1380 g/mol. The van der Waals surface area contributed by atoms with Crippen molar-refractivity contribution in [1.82, 2.24) is 19.6 Å². The molecule has 0 radical (unpaired) electrons. The smallest absolute Gasteiger partial charge is 0.161 e. The van der Waals surface area contributed by atoms with Crippen LogP contribution in [-0.4, -0.2) is 151 Å². The van der Waals surface area contributed by atoms with E-state index in [0.717, 1.165) is 26.2 Å². The van der Waals surface area contributed by atoms with Crippen molar-refractivity contribution in [2.75, 3.05) is 109 Å². The maximum atomic E-state index is 14.1. The second-order valence-corrected chi connectivity index (χ2v) is 22.6. The minimum absolute atomic E-state index is 0.000481. The first kappa shape index (κ1) is 26.8. The molecule has 11 unspecified atom stereocenters. The van der Waals surface area contributed by atoms with Crippen molar-refractivity contribution in [3.63, 3.8) is 0 Å². The van der Waals surface area contributed by atoms with Gasteiger partial charge in [-0.1, -0.05) is 74.3 Å². The number of ketones is 4. The molecule has 8 aliphatic rings. The Morgan fingerprint density at radius 2 is 0.937 bits per heavy atom. The molecule has 0 spiro atoms. The Bertz CT molecular complexity index is 6050. The zero-order chi connectivity index (χ0) is 123. The number of piperidine rings is 4. The van der Waals surface area contributed by atoms with Crippen molar-refractivity contribution in [3.8, 4) is 46.0 Å². The summed E-state index contributed by atoms with van der Waals surface area (Å²) in [5, 5.41) is 0. The van der Waals surface area contributed by atoms with Crippen LogP contribution in [0.5, 0.6) is 46.0 Å². The van der Waals surface area contributed by atoms with Crippen LogP contribution in [-0.2, 0) is 44.8 Å². The molecule has 0 N–H and O–H groups in total. The Kier molecular flexibility index (Phi) is 9.42. The fourth-order valence-electron chi connectivity index (χ4n) is 11.8. The largest absolute Gasteiger partial charge is 0.493 e. The van der Waals surface area contributed by atoms with Crippen LogP contribution in [0.1, 0.15) is 280 Å². The van der Waals surface area contributed by atoms with E-state index in [9.17, 15) is 20.5 Å². The van der Waals surface area contributed by atoms with Gasteiger partial charge in [0.05, 0.1) is 89.3 Å². The van der Waals surface area contributed by atoms with E-state index in [4.69, 9.17) is 123 Å². The van der Waals surface area contributed by atoms with E-state index < -0.39 is 293 Å². The lowest BCUT2D eigenvalue weighted by Crippen LogP contribution is -2.46. The van der Waals surface area contributed by atoms with Crippen molar-refractivity contribution in [2.24, 2.45) is 47.2 Å². The Hall–Kier alpha value is -6.20. The SMILES string of the molecule is [2H]C([2H])([2H])Oc1cc2c(cc1OC([2H])([2H])[2H])C1CC(=O)C(C([2H])([2H])C([2H])(C([2H])([2H])[2H])C([2H])([2H])C)CN1CC2.[2H]C([2H])([2H])Oc1cc2c(cc1OC([2H])([2H])[2H])C1N(CC2)CC([2H])(C([2H])([2H])C([2H])(C([2H])([2H])[2H])C([2H])([2H])C)C(=O)C1([2H])[2H].[2H]C([2H])([2H])Oc1cc2c(cc1OC([2H])([2H])[2H])C1N(CC2)CC([2H])(CC(C)C)C(=O)C1([2H])[2H].[2H]c1c(OC([2H])([2H])[2H])c(OC)c([2H])c2c1C([2H])([2H])C([2H])([2H])N1C([2H])([2H])C([2H])(C([2H])([2H])C([2H])(C([2H])([2H])[2H])C([2H])([2H])C)C(=O)C([2H])([2H])C21[2H]. The number of Topliss-reactive ketones (excluding diaryl/α,β-unsaturated/α-hetero) is 4. The lowest BCUT2D eigenvalue weighted by Gasteiger charge is -2.43. The van der Waals surface area contributed by atoms with Crippen LogP contribution in [0.2, 0.25) is 0 Å². The fourth-order valence-corrected chi connectivity index (χ4v) is 11.8. The van der Waals surface area contributed by atoms with Gasteiger partial charge in [-0.2, -0.15) is 0 Å². The molecule has 0 aromatic heterocycles. The number of rotatable bonds is 19. The quantitative estimate of drug-likeness (QED) is 0.0873. The van der Waals surface area contributed by atoms with Gasteiger partial charge in [0.2, 0.25) is 0 Å². The van der Waals surface area contributed by atoms with Gasteiger partial charge in [-0.25, -0.2) is 0 Å². The molecule has 522 valence electrons. The van der Waals surface area contributed by atoms with Crippen molar-refractivity contribution in [2.45, 2.75) is 175 Å². The zero-order valence-corrected chi connectivity index (χ0v) is 52.3. The molecule has 95 heavy (non-hydrogen) atoms. The molecular weight excluding hydrogens is 1200 g/mol. The van der Waals surface area contributed by atoms with Crippen LogP contribution >= 0.6 is 0 Å². The van der Waals surface area contributed by atoms with E-state index >= 15 is 0 Å². The van der Waals surface area contributed by atoms with Crippen molar-refractivity contribution < 1.29 is 143 Å². The second kappa shape index (κ2) is 33.4. The molecule has 12 rings (SSSR count). The zero-order valence-electron chi connectivity index (χ0n) is 115. The Morgan fingerprint density at radius 3 is 1.42 bits per heavy atom. The molecule has 8 heterocycles. The van der Waals surface area contributed by atoms with Gasteiger partial charge in [0, 0.05) is 179 Å². The monoisotopic (exact) mass is 1370 g/mol. The first-order chi connectivity index (χ1) is 69.7. The van der Waals surface area contributed by atoms with Gasteiger partial charge in [0.1, 0.15) is 23.1 Å². The van der Waals surface area contributed by atoms with Gasteiger partial charge in [-0.15, -0.1) is 0 Å². The number of fused-ring (bicyclic) bond motifs is 12. The molecule has 4 fully saturated rings. The van der Waals surface area contributed by atoms with E-state index in [0.29, 0.717) is 49.1 Å². The third-order valence-corrected chi connectivity index (χ3v) is 16.4. The molecule has 16 nitrogen and oxygen atoms in total. The predicted molar refractivity (Wildman–Crippen MR) is 374 cm³/mol. The normalized spacial score (nSPS) is 44.1.